The van der Waals surface area contributed by atoms with E-state index in [9.17, 15) is 4.79 Å². The fourth-order valence-corrected chi connectivity index (χ4v) is 5.55. The fraction of sp³-hybridized carbons (Fsp3) is 0.269. The predicted molar refractivity (Wildman–Crippen MR) is 133 cm³/mol. The van der Waals surface area contributed by atoms with Crippen molar-refractivity contribution in [2.75, 3.05) is 36.1 Å². The van der Waals surface area contributed by atoms with E-state index in [4.69, 9.17) is 9.72 Å². The summed E-state index contributed by atoms with van der Waals surface area (Å²) in [6.45, 7) is 3.13. The van der Waals surface area contributed by atoms with Gasteiger partial charge in [-0.25, -0.2) is 9.67 Å². The van der Waals surface area contributed by atoms with Crippen LogP contribution in [0.1, 0.15) is 21.6 Å². The molecule has 8 heteroatoms. The highest BCUT2D eigenvalue weighted by atomic mass is 32.1. The summed E-state index contributed by atoms with van der Waals surface area (Å²) >= 11 is 1.76. The normalized spacial score (nSPS) is 16.1. The van der Waals surface area contributed by atoms with Crippen LogP contribution >= 0.6 is 11.3 Å². The second kappa shape index (κ2) is 9.04. The van der Waals surface area contributed by atoms with Gasteiger partial charge in [0.2, 0.25) is 0 Å². The van der Waals surface area contributed by atoms with Crippen LogP contribution in [0.5, 0.6) is 0 Å². The number of hydrogen-bond donors (Lipinski definition) is 0. The van der Waals surface area contributed by atoms with Gasteiger partial charge in [-0.3, -0.25) is 4.79 Å². The third-order valence-electron chi connectivity index (χ3n) is 6.40. The van der Waals surface area contributed by atoms with Crippen LogP contribution < -0.4 is 9.80 Å². The van der Waals surface area contributed by atoms with Crippen LogP contribution in [0.25, 0.3) is 5.69 Å². The van der Waals surface area contributed by atoms with Crippen molar-refractivity contribution in [1.82, 2.24) is 14.8 Å². The molecule has 0 atom stereocenters. The molecule has 0 aliphatic carbocycles. The first-order chi connectivity index (χ1) is 16.7. The van der Waals surface area contributed by atoms with E-state index >= 15 is 0 Å². The zero-order valence-corrected chi connectivity index (χ0v) is 19.6. The quantitative estimate of drug-likeness (QED) is 0.443. The van der Waals surface area contributed by atoms with Gasteiger partial charge < -0.3 is 14.5 Å². The molecule has 6 rings (SSSR count). The topological polar surface area (TPSA) is 63.5 Å². The summed E-state index contributed by atoms with van der Waals surface area (Å²) in [5.74, 6) is 0.0288. The number of benzene rings is 2. The summed E-state index contributed by atoms with van der Waals surface area (Å²) in [6, 6.07) is 16.8. The molecule has 2 aliphatic rings. The Labute approximate surface area is 202 Å². The number of rotatable bonds is 5. The molecule has 4 aromatic rings. The predicted octanol–water partition coefficient (Wildman–Crippen LogP) is 3.85. The van der Waals surface area contributed by atoms with Crippen LogP contribution in [0.2, 0.25) is 0 Å². The largest absolute Gasteiger partial charge is 0.370 e. The number of anilines is 2. The Kier molecular flexibility index (Phi) is 5.60. The van der Waals surface area contributed by atoms with Crippen LogP contribution in [-0.4, -0.2) is 47.0 Å². The number of fused-ring (bicyclic) bond motifs is 1. The lowest BCUT2D eigenvalue weighted by atomic mass is 9.99. The Morgan fingerprint density at radius 3 is 2.74 bits per heavy atom. The van der Waals surface area contributed by atoms with Gasteiger partial charge in [0.25, 0.3) is 5.91 Å². The molecule has 172 valence electrons. The number of hydrogen-bond acceptors (Lipinski definition) is 6. The van der Waals surface area contributed by atoms with E-state index in [-0.39, 0.29) is 12.5 Å². The average molecular weight is 472 g/mol. The molecule has 0 N–H and O–H groups in total. The number of thiazole rings is 1. The van der Waals surface area contributed by atoms with Crippen molar-refractivity contribution in [3.63, 3.8) is 0 Å². The molecule has 7 nitrogen and oxygen atoms in total. The summed E-state index contributed by atoms with van der Waals surface area (Å²) < 4.78 is 7.14. The third-order valence-corrected chi connectivity index (χ3v) is 7.45. The first kappa shape index (κ1) is 21.1. The van der Waals surface area contributed by atoms with Crippen molar-refractivity contribution < 1.29 is 9.53 Å². The molecule has 0 saturated carbocycles. The maximum absolute atomic E-state index is 12.3. The lowest BCUT2D eigenvalue weighted by Crippen LogP contribution is -2.41. The lowest BCUT2D eigenvalue weighted by Gasteiger charge is -2.31. The molecule has 1 fully saturated rings. The highest BCUT2D eigenvalue weighted by Crippen LogP contribution is 2.31. The smallest absolute Gasteiger partial charge is 0.253 e. The van der Waals surface area contributed by atoms with Crippen LogP contribution in [0, 0.1) is 0 Å². The van der Waals surface area contributed by atoms with Gasteiger partial charge in [0.1, 0.15) is 6.61 Å². The Balaban J connectivity index is 1.15. The fourth-order valence-electron chi connectivity index (χ4n) is 4.58. The van der Waals surface area contributed by atoms with E-state index in [0.717, 1.165) is 42.4 Å². The van der Waals surface area contributed by atoms with Crippen LogP contribution in [-0.2, 0) is 28.9 Å². The van der Waals surface area contributed by atoms with Gasteiger partial charge in [-0.05, 0) is 53.4 Å². The minimum Gasteiger partial charge on any atom is -0.370 e. The van der Waals surface area contributed by atoms with Gasteiger partial charge in [-0.1, -0.05) is 18.2 Å². The molecule has 0 spiro atoms. The molecular formula is C26H25N5O2S. The number of carbonyl (C=O) groups is 1. The molecule has 1 saturated heterocycles. The molecule has 2 aromatic carbocycles. The monoisotopic (exact) mass is 471 g/mol. The molecule has 0 bridgehead atoms. The highest BCUT2D eigenvalue weighted by molar-refractivity contribution is 7.15. The van der Waals surface area contributed by atoms with Crippen molar-refractivity contribution in [1.29, 1.82) is 0 Å². The Morgan fingerprint density at radius 2 is 1.91 bits per heavy atom. The number of carbonyl (C=O) groups excluding carboxylic acids is 1. The van der Waals surface area contributed by atoms with E-state index in [0.29, 0.717) is 13.2 Å². The molecule has 2 aliphatic heterocycles. The van der Waals surface area contributed by atoms with E-state index < -0.39 is 0 Å². The van der Waals surface area contributed by atoms with Gasteiger partial charge in [0.15, 0.2) is 5.13 Å². The van der Waals surface area contributed by atoms with Gasteiger partial charge in [0, 0.05) is 55.2 Å². The summed E-state index contributed by atoms with van der Waals surface area (Å²) in [5.41, 5.74) is 5.91. The zero-order valence-electron chi connectivity index (χ0n) is 18.8. The summed E-state index contributed by atoms with van der Waals surface area (Å²) in [4.78, 5) is 22.4. The van der Waals surface area contributed by atoms with Crippen LogP contribution in [0.15, 0.2) is 67.1 Å². The van der Waals surface area contributed by atoms with Gasteiger partial charge in [-0.15, -0.1) is 11.3 Å². The first-order valence-electron chi connectivity index (χ1n) is 11.5. The minimum atomic E-state index is 0.0288. The van der Waals surface area contributed by atoms with Gasteiger partial charge in [-0.2, -0.15) is 5.10 Å². The molecule has 34 heavy (non-hydrogen) atoms. The van der Waals surface area contributed by atoms with Crippen molar-refractivity contribution >= 4 is 28.1 Å². The van der Waals surface area contributed by atoms with E-state index in [1.54, 1.807) is 17.5 Å². The third kappa shape index (κ3) is 4.22. The SMILES string of the molecule is O=C1COCCN1c1ccc2c(c1)CN(c1ncc(Cc3ccc(-n4cccn4)cc3)s1)CC2. The summed E-state index contributed by atoms with van der Waals surface area (Å²) in [6.07, 6.45) is 7.58. The number of ether oxygens (including phenoxy) is 1. The Morgan fingerprint density at radius 1 is 1.03 bits per heavy atom. The molecule has 4 heterocycles. The van der Waals surface area contributed by atoms with Crippen LogP contribution in [0.4, 0.5) is 10.8 Å². The second-order valence-electron chi connectivity index (χ2n) is 8.63. The van der Waals surface area contributed by atoms with E-state index in [2.05, 4.69) is 52.5 Å². The second-order valence-corrected chi connectivity index (χ2v) is 9.72. The average Bonchev–Trinajstić information content (AvgIpc) is 3.57. The van der Waals surface area contributed by atoms with E-state index in [1.165, 1.54) is 21.6 Å². The standard InChI is InChI=1S/C26H25N5O2S/c32-25-18-33-13-12-30(25)23-7-4-20-8-11-29(17-21(20)15-23)26-27-16-24(34-26)14-19-2-5-22(6-3-19)31-10-1-9-28-31/h1-7,9-10,15-16H,8,11-14,17-18H2. The van der Waals surface area contributed by atoms with Crippen molar-refractivity contribution in [2.45, 2.75) is 19.4 Å². The number of morpholine rings is 1. The molecule has 2 aromatic heterocycles. The maximum Gasteiger partial charge on any atom is 0.253 e. The van der Waals surface area contributed by atoms with E-state index in [1.807, 2.05) is 28.0 Å². The molecule has 1 amide bonds. The van der Waals surface area contributed by atoms with Gasteiger partial charge >= 0.3 is 0 Å². The van der Waals surface area contributed by atoms with Crippen molar-refractivity contribution in [3.8, 4) is 5.69 Å². The summed E-state index contributed by atoms with van der Waals surface area (Å²) in [7, 11) is 0. The van der Waals surface area contributed by atoms with Crippen molar-refractivity contribution in [2.24, 2.45) is 0 Å². The van der Waals surface area contributed by atoms with Gasteiger partial charge in [0.05, 0.1) is 12.3 Å². The summed E-state index contributed by atoms with van der Waals surface area (Å²) in [5, 5.41) is 5.34. The number of aromatic nitrogens is 3. The number of amides is 1. The molecule has 0 unspecified atom stereocenters. The maximum atomic E-state index is 12.3. The zero-order chi connectivity index (χ0) is 22.9. The van der Waals surface area contributed by atoms with Crippen molar-refractivity contribution in [3.05, 3.63) is 88.7 Å². The number of nitrogens with zero attached hydrogens (tertiary/aromatic N) is 5. The molecule has 0 radical (unpaired) electrons. The Bertz CT molecular complexity index is 1300. The molecular weight excluding hydrogens is 446 g/mol. The van der Waals surface area contributed by atoms with Crippen LogP contribution in [0.3, 0.4) is 0 Å². The Hall–Kier alpha value is -3.49. The highest BCUT2D eigenvalue weighted by Gasteiger charge is 2.24. The first-order valence-corrected chi connectivity index (χ1v) is 12.3. The lowest BCUT2D eigenvalue weighted by molar-refractivity contribution is -0.125. The minimum absolute atomic E-state index is 0.0288.